The van der Waals surface area contributed by atoms with Gasteiger partial charge in [-0.2, -0.15) is 0 Å². The molecule has 0 bridgehead atoms. The summed E-state index contributed by atoms with van der Waals surface area (Å²) in [4.78, 5) is 1.96. The standard InChI is InChI=1S/C9H10Cl2N2/c1-13-7-5-3-2-4-6(7)12-8(10)9(13)11/h2-5,8-9,12H,1H3. The Hall–Kier alpha value is -0.600. The molecule has 0 amide bonds. The fourth-order valence-electron chi connectivity index (χ4n) is 1.45. The van der Waals surface area contributed by atoms with Gasteiger partial charge in [0.25, 0.3) is 0 Å². The predicted octanol–water partition coefficient (Wildman–Crippen LogP) is 2.68. The van der Waals surface area contributed by atoms with Gasteiger partial charge in [-0.15, -0.1) is 0 Å². The molecule has 0 saturated carbocycles. The van der Waals surface area contributed by atoms with Crippen molar-refractivity contribution in [3.05, 3.63) is 24.3 Å². The van der Waals surface area contributed by atoms with E-state index in [1.165, 1.54) is 0 Å². The Morgan fingerprint density at radius 2 is 2.00 bits per heavy atom. The highest BCUT2D eigenvalue weighted by Crippen LogP contribution is 2.34. The molecule has 1 heterocycles. The minimum atomic E-state index is -0.249. The Labute approximate surface area is 87.4 Å². The molecule has 0 fully saturated rings. The first-order valence-electron chi connectivity index (χ1n) is 4.06. The van der Waals surface area contributed by atoms with Crippen LogP contribution in [-0.4, -0.2) is 18.0 Å². The van der Waals surface area contributed by atoms with E-state index >= 15 is 0 Å². The summed E-state index contributed by atoms with van der Waals surface area (Å²) in [5.74, 6) is 0. The zero-order valence-corrected chi connectivity index (χ0v) is 8.68. The van der Waals surface area contributed by atoms with E-state index in [4.69, 9.17) is 23.2 Å². The van der Waals surface area contributed by atoms with E-state index in [0.29, 0.717) is 0 Å². The summed E-state index contributed by atoms with van der Waals surface area (Å²) in [6.07, 6.45) is 0. The van der Waals surface area contributed by atoms with E-state index < -0.39 is 0 Å². The van der Waals surface area contributed by atoms with Crippen LogP contribution in [0.4, 0.5) is 11.4 Å². The van der Waals surface area contributed by atoms with Crippen molar-refractivity contribution in [3.63, 3.8) is 0 Å². The maximum atomic E-state index is 6.08. The van der Waals surface area contributed by atoms with Crippen LogP contribution in [0.3, 0.4) is 0 Å². The molecule has 2 atom stereocenters. The summed E-state index contributed by atoms with van der Waals surface area (Å²) in [5.41, 5.74) is 1.65. The zero-order chi connectivity index (χ0) is 9.42. The first-order valence-corrected chi connectivity index (χ1v) is 4.94. The van der Waals surface area contributed by atoms with Gasteiger partial charge in [0.15, 0.2) is 0 Å². The van der Waals surface area contributed by atoms with Gasteiger partial charge in [0, 0.05) is 7.05 Å². The molecule has 4 heteroatoms. The lowest BCUT2D eigenvalue weighted by molar-refractivity contribution is 0.779. The van der Waals surface area contributed by atoms with Crippen molar-refractivity contribution >= 4 is 34.6 Å². The smallest absolute Gasteiger partial charge is 0.138 e. The van der Waals surface area contributed by atoms with Crippen LogP contribution < -0.4 is 10.2 Å². The van der Waals surface area contributed by atoms with Gasteiger partial charge in [0.1, 0.15) is 11.0 Å². The van der Waals surface area contributed by atoms with Crippen molar-refractivity contribution in [2.45, 2.75) is 11.0 Å². The molecule has 2 rings (SSSR count). The molecule has 1 aromatic rings. The van der Waals surface area contributed by atoms with Crippen molar-refractivity contribution in [1.82, 2.24) is 0 Å². The number of nitrogens with zero attached hydrogens (tertiary/aromatic N) is 1. The summed E-state index contributed by atoms with van der Waals surface area (Å²) in [6.45, 7) is 0. The van der Waals surface area contributed by atoms with Crippen molar-refractivity contribution in [1.29, 1.82) is 0 Å². The highest BCUT2D eigenvalue weighted by molar-refractivity contribution is 6.32. The van der Waals surface area contributed by atoms with Crippen LogP contribution in [0.1, 0.15) is 0 Å². The van der Waals surface area contributed by atoms with Crippen LogP contribution in [0.15, 0.2) is 24.3 Å². The average molecular weight is 217 g/mol. The van der Waals surface area contributed by atoms with Gasteiger partial charge in [0.05, 0.1) is 11.4 Å². The second-order valence-corrected chi connectivity index (χ2v) is 3.96. The molecule has 1 N–H and O–H groups in total. The molecule has 0 radical (unpaired) electrons. The molecule has 2 unspecified atom stereocenters. The first kappa shape index (κ1) is 8.97. The quantitative estimate of drug-likeness (QED) is 0.530. The van der Waals surface area contributed by atoms with Gasteiger partial charge in [0.2, 0.25) is 0 Å². The van der Waals surface area contributed by atoms with Crippen molar-refractivity contribution in [2.24, 2.45) is 0 Å². The molecular weight excluding hydrogens is 207 g/mol. The second kappa shape index (κ2) is 3.28. The number of halogens is 2. The molecule has 70 valence electrons. The Balaban J connectivity index is 2.43. The Bertz CT molecular complexity index is 316. The largest absolute Gasteiger partial charge is 0.365 e. The summed E-state index contributed by atoms with van der Waals surface area (Å²) < 4.78 is 0. The van der Waals surface area contributed by atoms with Crippen LogP contribution >= 0.6 is 23.2 Å². The third kappa shape index (κ3) is 1.45. The van der Waals surface area contributed by atoms with Gasteiger partial charge >= 0.3 is 0 Å². The zero-order valence-electron chi connectivity index (χ0n) is 7.17. The van der Waals surface area contributed by atoms with Gasteiger partial charge < -0.3 is 10.2 Å². The lowest BCUT2D eigenvalue weighted by Gasteiger charge is -2.36. The van der Waals surface area contributed by atoms with E-state index in [9.17, 15) is 0 Å². The molecule has 2 nitrogen and oxygen atoms in total. The SMILES string of the molecule is CN1c2ccccc2NC(Cl)C1Cl. The number of fused-ring (bicyclic) bond motifs is 1. The molecule has 0 spiro atoms. The Morgan fingerprint density at radius 3 is 2.77 bits per heavy atom. The van der Waals surface area contributed by atoms with Gasteiger partial charge in [-0.05, 0) is 12.1 Å². The van der Waals surface area contributed by atoms with Crippen molar-refractivity contribution in [2.75, 3.05) is 17.3 Å². The van der Waals surface area contributed by atoms with E-state index in [0.717, 1.165) is 11.4 Å². The Morgan fingerprint density at radius 1 is 1.31 bits per heavy atom. The van der Waals surface area contributed by atoms with Crippen LogP contribution in [0.25, 0.3) is 0 Å². The summed E-state index contributed by atoms with van der Waals surface area (Å²) in [6, 6.07) is 7.96. The van der Waals surface area contributed by atoms with E-state index in [-0.39, 0.29) is 11.0 Å². The number of alkyl halides is 2. The average Bonchev–Trinajstić information content (AvgIpc) is 2.15. The monoisotopic (exact) mass is 216 g/mol. The molecule has 1 aliphatic heterocycles. The molecule has 1 aromatic carbocycles. The first-order chi connectivity index (χ1) is 6.20. The third-order valence-corrected chi connectivity index (χ3v) is 3.21. The highest BCUT2D eigenvalue weighted by Gasteiger charge is 2.28. The number of anilines is 2. The topological polar surface area (TPSA) is 15.3 Å². The molecule has 1 aliphatic rings. The number of hydrogen-bond acceptors (Lipinski definition) is 2. The normalized spacial score (nSPS) is 26.5. The van der Waals surface area contributed by atoms with Crippen molar-refractivity contribution in [3.8, 4) is 0 Å². The van der Waals surface area contributed by atoms with Crippen molar-refractivity contribution < 1.29 is 0 Å². The summed E-state index contributed by atoms with van der Waals surface area (Å²) >= 11 is 12.1. The number of likely N-dealkylation sites (N-methyl/N-ethyl adjacent to an activating group) is 1. The summed E-state index contributed by atoms with van der Waals surface area (Å²) in [7, 11) is 1.94. The van der Waals surface area contributed by atoms with Crippen LogP contribution in [0.2, 0.25) is 0 Å². The van der Waals surface area contributed by atoms with E-state index in [1.807, 2.05) is 36.2 Å². The fraction of sp³-hybridized carbons (Fsp3) is 0.333. The minimum Gasteiger partial charge on any atom is -0.365 e. The number of nitrogens with one attached hydrogen (secondary N) is 1. The minimum absolute atomic E-state index is 0.212. The second-order valence-electron chi connectivity index (χ2n) is 3.05. The number of benzene rings is 1. The molecule has 0 saturated heterocycles. The van der Waals surface area contributed by atoms with Crippen LogP contribution in [0, 0.1) is 0 Å². The maximum Gasteiger partial charge on any atom is 0.138 e. The van der Waals surface area contributed by atoms with E-state index in [1.54, 1.807) is 0 Å². The Kier molecular flexibility index (Phi) is 2.26. The lowest BCUT2D eigenvalue weighted by Crippen LogP contribution is -2.42. The van der Waals surface area contributed by atoms with Crippen LogP contribution in [-0.2, 0) is 0 Å². The fourth-order valence-corrected chi connectivity index (χ4v) is 1.90. The van der Waals surface area contributed by atoms with Gasteiger partial charge in [-0.1, -0.05) is 35.3 Å². The predicted molar refractivity (Wildman–Crippen MR) is 57.7 cm³/mol. The van der Waals surface area contributed by atoms with Crippen LogP contribution in [0.5, 0.6) is 0 Å². The third-order valence-electron chi connectivity index (χ3n) is 2.19. The van der Waals surface area contributed by atoms with Gasteiger partial charge in [-0.25, -0.2) is 0 Å². The highest BCUT2D eigenvalue weighted by atomic mass is 35.5. The van der Waals surface area contributed by atoms with Gasteiger partial charge in [-0.3, -0.25) is 0 Å². The molecule has 13 heavy (non-hydrogen) atoms. The molecule has 0 aromatic heterocycles. The number of rotatable bonds is 0. The lowest BCUT2D eigenvalue weighted by atomic mass is 10.2. The number of para-hydroxylation sites is 2. The van der Waals surface area contributed by atoms with E-state index in [2.05, 4.69) is 5.32 Å². The maximum absolute atomic E-state index is 6.08. The number of hydrogen-bond donors (Lipinski definition) is 1. The molecule has 0 aliphatic carbocycles. The molecular formula is C9H10Cl2N2. The summed E-state index contributed by atoms with van der Waals surface area (Å²) in [5, 5.41) is 3.13.